The number of halogens is 5. The van der Waals surface area contributed by atoms with Gasteiger partial charge in [-0.25, -0.2) is 4.39 Å². The van der Waals surface area contributed by atoms with Gasteiger partial charge in [0.2, 0.25) is 5.91 Å². The molecule has 4 nitrogen and oxygen atoms in total. The number of ether oxygens (including phenoxy) is 1. The zero-order valence-electron chi connectivity index (χ0n) is 14.4. The van der Waals surface area contributed by atoms with Crippen LogP contribution in [0.2, 0.25) is 0 Å². The fourth-order valence-corrected chi connectivity index (χ4v) is 2.90. The molecule has 0 aromatic heterocycles. The third-order valence-corrected chi connectivity index (χ3v) is 4.26. The molecular formula is C17H23ClF4N2O2. The van der Waals surface area contributed by atoms with Gasteiger partial charge in [0.1, 0.15) is 11.6 Å². The number of alkyl halides is 3. The van der Waals surface area contributed by atoms with E-state index in [0.717, 1.165) is 38.1 Å². The first-order chi connectivity index (χ1) is 11.7. The zero-order valence-corrected chi connectivity index (χ0v) is 15.2. The van der Waals surface area contributed by atoms with Crippen LogP contribution in [0.25, 0.3) is 0 Å². The summed E-state index contributed by atoms with van der Waals surface area (Å²) in [6.45, 7) is 2.25. The monoisotopic (exact) mass is 398 g/mol. The number of amides is 1. The summed E-state index contributed by atoms with van der Waals surface area (Å²) >= 11 is 0. The van der Waals surface area contributed by atoms with E-state index in [1.54, 1.807) is 0 Å². The molecule has 148 valence electrons. The van der Waals surface area contributed by atoms with Crippen molar-refractivity contribution in [2.24, 2.45) is 11.8 Å². The number of rotatable bonds is 6. The molecule has 1 saturated heterocycles. The first-order valence-electron chi connectivity index (χ1n) is 8.24. The number of carbonyl (C=O) groups excluding carboxylic acids is 1. The number of hydrogen-bond donors (Lipinski definition) is 2. The van der Waals surface area contributed by atoms with Gasteiger partial charge in [0, 0.05) is 12.5 Å². The summed E-state index contributed by atoms with van der Waals surface area (Å²) in [4.78, 5) is 12.2. The topological polar surface area (TPSA) is 50.4 Å². The lowest BCUT2D eigenvalue weighted by atomic mass is 9.85. The Balaban J connectivity index is 0.00000338. The Morgan fingerprint density at radius 3 is 2.77 bits per heavy atom. The quantitative estimate of drug-likeness (QED) is 0.708. The Morgan fingerprint density at radius 1 is 1.42 bits per heavy atom. The van der Waals surface area contributed by atoms with E-state index < -0.39 is 18.6 Å². The van der Waals surface area contributed by atoms with Crippen molar-refractivity contribution in [3.8, 4) is 5.75 Å². The molecule has 1 aliphatic rings. The molecule has 1 fully saturated rings. The first-order valence-corrected chi connectivity index (χ1v) is 8.24. The number of carbonyl (C=O) groups is 1. The predicted molar refractivity (Wildman–Crippen MR) is 93.2 cm³/mol. The van der Waals surface area contributed by atoms with E-state index in [0.29, 0.717) is 5.92 Å². The van der Waals surface area contributed by atoms with Crippen molar-refractivity contribution in [3.63, 3.8) is 0 Å². The van der Waals surface area contributed by atoms with Crippen LogP contribution >= 0.6 is 12.4 Å². The Labute approximate surface area is 156 Å². The van der Waals surface area contributed by atoms with Gasteiger partial charge in [0.25, 0.3) is 0 Å². The van der Waals surface area contributed by atoms with Crippen LogP contribution in [0, 0.1) is 17.7 Å². The molecule has 2 rings (SSSR count). The van der Waals surface area contributed by atoms with Crippen LogP contribution in [0.3, 0.4) is 0 Å². The maximum atomic E-state index is 13.3. The van der Waals surface area contributed by atoms with Crippen molar-refractivity contribution in [1.29, 1.82) is 0 Å². The van der Waals surface area contributed by atoms with E-state index in [4.69, 9.17) is 0 Å². The summed E-state index contributed by atoms with van der Waals surface area (Å²) in [6, 6.07) is 3.09. The standard InChI is InChI=1S/C17H22F4N2O2.ClH/c1-11(12-3-2-6-22-9-12)7-16(24)23-14-5-4-13(18)8-15(14)25-10-17(19,20)21;/h4-5,8,11-12,22H,2-3,6-7,9-10H2,1H3,(H,23,24);1H. The maximum Gasteiger partial charge on any atom is 0.422 e. The average molecular weight is 399 g/mol. The lowest BCUT2D eigenvalue weighted by Gasteiger charge is -2.28. The Morgan fingerprint density at radius 2 is 2.15 bits per heavy atom. The van der Waals surface area contributed by atoms with E-state index in [-0.39, 0.29) is 42.1 Å². The van der Waals surface area contributed by atoms with Crippen LogP contribution in [0.4, 0.5) is 23.2 Å². The van der Waals surface area contributed by atoms with E-state index in [2.05, 4.69) is 15.4 Å². The molecule has 0 radical (unpaired) electrons. The Bertz CT molecular complexity index is 593. The van der Waals surface area contributed by atoms with E-state index in [1.165, 1.54) is 6.07 Å². The molecule has 2 N–H and O–H groups in total. The molecule has 1 aromatic rings. The highest BCUT2D eigenvalue weighted by Gasteiger charge is 2.29. The second-order valence-electron chi connectivity index (χ2n) is 6.38. The van der Waals surface area contributed by atoms with Gasteiger partial charge in [-0.1, -0.05) is 6.92 Å². The molecule has 0 aliphatic carbocycles. The largest absolute Gasteiger partial charge is 0.482 e. The van der Waals surface area contributed by atoms with Crippen LogP contribution in [0.1, 0.15) is 26.2 Å². The highest BCUT2D eigenvalue weighted by Crippen LogP contribution is 2.29. The van der Waals surface area contributed by atoms with Gasteiger partial charge < -0.3 is 15.4 Å². The van der Waals surface area contributed by atoms with E-state index >= 15 is 0 Å². The molecule has 1 aromatic carbocycles. The zero-order chi connectivity index (χ0) is 18.4. The van der Waals surface area contributed by atoms with Crippen LogP contribution in [0.15, 0.2) is 18.2 Å². The molecule has 2 atom stereocenters. The molecule has 0 saturated carbocycles. The van der Waals surface area contributed by atoms with Gasteiger partial charge in [-0.05, 0) is 49.9 Å². The van der Waals surface area contributed by atoms with Gasteiger partial charge in [0.15, 0.2) is 6.61 Å². The van der Waals surface area contributed by atoms with Gasteiger partial charge in [0.05, 0.1) is 5.69 Å². The van der Waals surface area contributed by atoms with Gasteiger partial charge in [-0.2, -0.15) is 13.2 Å². The van der Waals surface area contributed by atoms with Crippen LogP contribution in [-0.4, -0.2) is 31.8 Å². The Kier molecular flexibility index (Phi) is 8.62. The molecule has 1 heterocycles. The minimum Gasteiger partial charge on any atom is -0.482 e. The molecule has 9 heteroatoms. The third kappa shape index (κ3) is 7.37. The van der Waals surface area contributed by atoms with Crippen molar-refractivity contribution < 1.29 is 27.1 Å². The SMILES string of the molecule is CC(CC(=O)Nc1ccc(F)cc1OCC(F)(F)F)C1CCCNC1.Cl. The fourth-order valence-electron chi connectivity index (χ4n) is 2.90. The molecule has 0 spiro atoms. The minimum absolute atomic E-state index is 0. The minimum atomic E-state index is -4.55. The van der Waals surface area contributed by atoms with Crippen molar-refractivity contribution in [1.82, 2.24) is 5.32 Å². The Hall–Kier alpha value is -1.54. The van der Waals surface area contributed by atoms with E-state index in [9.17, 15) is 22.4 Å². The summed E-state index contributed by atoms with van der Waals surface area (Å²) in [5.74, 6) is -0.891. The average Bonchev–Trinajstić information content (AvgIpc) is 2.55. The van der Waals surface area contributed by atoms with Crippen LogP contribution in [0.5, 0.6) is 5.75 Å². The third-order valence-electron chi connectivity index (χ3n) is 4.26. The van der Waals surface area contributed by atoms with Gasteiger partial charge in [-0.3, -0.25) is 4.79 Å². The lowest BCUT2D eigenvalue weighted by molar-refractivity contribution is -0.153. The number of nitrogens with one attached hydrogen (secondary N) is 2. The number of piperidine rings is 1. The second kappa shape index (κ2) is 9.97. The summed E-state index contributed by atoms with van der Waals surface area (Å²) in [5, 5.41) is 5.81. The normalized spacial score (nSPS) is 18.6. The summed E-state index contributed by atoms with van der Waals surface area (Å²) in [7, 11) is 0. The van der Waals surface area contributed by atoms with Gasteiger partial charge in [-0.15, -0.1) is 12.4 Å². The number of anilines is 1. The lowest BCUT2D eigenvalue weighted by Crippen LogP contribution is -2.34. The summed E-state index contributed by atoms with van der Waals surface area (Å²) in [6.07, 6.45) is -2.21. The fraction of sp³-hybridized carbons (Fsp3) is 0.588. The molecule has 0 bridgehead atoms. The predicted octanol–water partition coefficient (Wildman–Crippen LogP) is 4.15. The molecule has 1 aliphatic heterocycles. The maximum absolute atomic E-state index is 13.3. The molecule has 2 unspecified atom stereocenters. The second-order valence-corrected chi connectivity index (χ2v) is 6.38. The summed E-state index contributed by atoms with van der Waals surface area (Å²) in [5.41, 5.74) is 0.0321. The van der Waals surface area contributed by atoms with Crippen molar-refractivity contribution in [2.45, 2.75) is 32.4 Å². The first kappa shape index (κ1) is 22.5. The number of hydrogen-bond acceptors (Lipinski definition) is 3. The number of benzene rings is 1. The molecular weight excluding hydrogens is 376 g/mol. The smallest absolute Gasteiger partial charge is 0.422 e. The van der Waals surface area contributed by atoms with Crippen molar-refractivity contribution >= 4 is 24.0 Å². The summed E-state index contributed by atoms with van der Waals surface area (Å²) < 4.78 is 54.8. The highest BCUT2D eigenvalue weighted by atomic mass is 35.5. The van der Waals surface area contributed by atoms with Crippen LogP contribution in [-0.2, 0) is 4.79 Å². The molecule has 26 heavy (non-hydrogen) atoms. The molecule has 1 amide bonds. The highest BCUT2D eigenvalue weighted by molar-refractivity contribution is 5.92. The van der Waals surface area contributed by atoms with E-state index in [1.807, 2.05) is 6.92 Å². The van der Waals surface area contributed by atoms with Crippen LogP contribution < -0.4 is 15.4 Å². The van der Waals surface area contributed by atoms with Gasteiger partial charge >= 0.3 is 6.18 Å². The van der Waals surface area contributed by atoms with Crippen molar-refractivity contribution in [3.05, 3.63) is 24.0 Å². The van der Waals surface area contributed by atoms with Crippen molar-refractivity contribution in [2.75, 3.05) is 25.0 Å².